The molecule has 1 aromatic carbocycles. The van der Waals surface area contributed by atoms with Gasteiger partial charge < -0.3 is 15.0 Å². The van der Waals surface area contributed by atoms with E-state index in [1.807, 2.05) is 45.0 Å². The number of carbonyl (C=O) groups excluding carboxylic acids is 1. The molecule has 5 nitrogen and oxygen atoms in total. The molecule has 0 bridgehead atoms. The van der Waals surface area contributed by atoms with Crippen molar-refractivity contribution in [2.75, 3.05) is 19.7 Å². The molecule has 1 unspecified atom stereocenters. The van der Waals surface area contributed by atoms with Crippen molar-refractivity contribution >= 4 is 5.91 Å². The van der Waals surface area contributed by atoms with E-state index in [1.54, 1.807) is 17.1 Å². The number of nitrogens with one attached hydrogen (secondary N) is 1. The molecule has 1 N–H and O–H groups in total. The summed E-state index contributed by atoms with van der Waals surface area (Å²) in [5, 5.41) is 12.2. The van der Waals surface area contributed by atoms with Gasteiger partial charge in [0.05, 0.1) is 12.6 Å². The maximum absolute atomic E-state index is 12.5. The van der Waals surface area contributed by atoms with Crippen LogP contribution in [0.4, 0.5) is 0 Å². The Morgan fingerprint density at radius 3 is 2.58 bits per heavy atom. The van der Waals surface area contributed by atoms with Gasteiger partial charge in [0, 0.05) is 24.9 Å². The lowest BCUT2D eigenvalue weighted by molar-refractivity contribution is -0.117. The van der Waals surface area contributed by atoms with E-state index in [4.69, 9.17) is 4.74 Å². The number of carbonyl (C=O) groups is 1. The molecule has 5 heteroatoms. The smallest absolute Gasteiger partial charge is 0.263 e. The Bertz CT molecular complexity index is 706. The summed E-state index contributed by atoms with van der Waals surface area (Å²) in [6.07, 6.45) is 4.94. The van der Waals surface area contributed by atoms with Crippen molar-refractivity contribution in [1.82, 2.24) is 10.2 Å². The van der Waals surface area contributed by atoms with Gasteiger partial charge in [-0.05, 0) is 26.8 Å². The largest absolute Gasteiger partial charge is 0.494 e. The fraction of sp³-hybridized carbons (Fsp3) is 0.333. The van der Waals surface area contributed by atoms with Crippen molar-refractivity contribution in [1.29, 1.82) is 5.26 Å². The van der Waals surface area contributed by atoms with Gasteiger partial charge in [0.1, 0.15) is 17.4 Å². The third-order valence-corrected chi connectivity index (χ3v) is 3.68. The molecule has 1 aromatic rings. The van der Waals surface area contributed by atoms with Crippen molar-refractivity contribution in [3.63, 3.8) is 0 Å². The molecule has 0 aliphatic rings. The average molecular weight is 353 g/mol. The molecule has 0 aromatic heterocycles. The average Bonchev–Trinajstić information content (AvgIpc) is 2.61. The van der Waals surface area contributed by atoms with E-state index in [0.29, 0.717) is 19.7 Å². The van der Waals surface area contributed by atoms with Crippen LogP contribution >= 0.6 is 0 Å². The number of ether oxygens (including phenoxy) is 1. The van der Waals surface area contributed by atoms with E-state index in [0.717, 1.165) is 16.9 Å². The number of aryl methyl sites for hydroxylation is 1. The predicted octanol–water partition coefficient (Wildman–Crippen LogP) is 3.65. The van der Waals surface area contributed by atoms with E-state index >= 15 is 0 Å². The van der Waals surface area contributed by atoms with E-state index in [-0.39, 0.29) is 11.6 Å². The minimum atomic E-state index is -0.429. The maximum Gasteiger partial charge on any atom is 0.263 e. The standard InChI is InChI=1S/C21H27N3O2/c1-6-11-24(12-7-2)15-18(14-22)21(25)23-17(5)19-13-16(4)9-10-20(19)26-8-3/h6-7,9-10,13,15,17H,1-2,8,11-12H2,3-5H3,(H,23,25)/b18-15-. The zero-order chi connectivity index (χ0) is 19.5. The molecule has 1 rings (SSSR count). The summed E-state index contributed by atoms with van der Waals surface area (Å²) in [6, 6.07) is 7.51. The molecule has 26 heavy (non-hydrogen) atoms. The number of nitrogens with zero attached hydrogens (tertiary/aromatic N) is 2. The van der Waals surface area contributed by atoms with Gasteiger partial charge in [0.2, 0.25) is 0 Å². The Labute approximate surface area is 156 Å². The van der Waals surface area contributed by atoms with Crippen LogP contribution in [-0.2, 0) is 4.79 Å². The molecule has 0 aliphatic heterocycles. The second-order valence-electron chi connectivity index (χ2n) is 5.86. The minimum Gasteiger partial charge on any atom is -0.494 e. The van der Waals surface area contributed by atoms with Crippen LogP contribution in [0.25, 0.3) is 0 Å². The van der Waals surface area contributed by atoms with Gasteiger partial charge in [-0.25, -0.2) is 0 Å². The number of hydrogen-bond donors (Lipinski definition) is 1. The lowest BCUT2D eigenvalue weighted by Crippen LogP contribution is -2.29. The van der Waals surface area contributed by atoms with Crippen LogP contribution in [0.3, 0.4) is 0 Å². The third kappa shape index (κ3) is 6.14. The van der Waals surface area contributed by atoms with E-state index in [9.17, 15) is 10.1 Å². The molecular weight excluding hydrogens is 326 g/mol. The van der Waals surface area contributed by atoms with E-state index in [1.165, 1.54) is 6.20 Å². The first-order chi connectivity index (χ1) is 12.5. The number of amides is 1. The molecule has 1 amide bonds. The number of benzene rings is 1. The van der Waals surface area contributed by atoms with Crippen LogP contribution in [0.15, 0.2) is 55.3 Å². The van der Waals surface area contributed by atoms with E-state index < -0.39 is 5.91 Å². The summed E-state index contributed by atoms with van der Waals surface area (Å²) >= 11 is 0. The normalized spacial score (nSPS) is 11.8. The van der Waals surface area contributed by atoms with Gasteiger partial charge in [0.25, 0.3) is 5.91 Å². The Morgan fingerprint density at radius 1 is 1.38 bits per heavy atom. The molecule has 0 saturated heterocycles. The number of rotatable bonds is 10. The summed E-state index contributed by atoms with van der Waals surface area (Å²) in [5.41, 5.74) is 1.99. The van der Waals surface area contributed by atoms with Crippen LogP contribution in [0, 0.1) is 18.3 Å². The topological polar surface area (TPSA) is 65.4 Å². The van der Waals surface area contributed by atoms with Crippen molar-refractivity contribution in [3.05, 3.63) is 66.4 Å². The van der Waals surface area contributed by atoms with Crippen LogP contribution in [-0.4, -0.2) is 30.5 Å². The van der Waals surface area contributed by atoms with Crippen molar-refractivity contribution < 1.29 is 9.53 Å². The second kappa shape index (κ2) is 10.8. The summed E-state index contributed by atoms with van der Waals surface area (Å²) in [7, 11) is 0. The Kier molecular flexibility index (Phi) is 8.72. The Morgan fingerprint density at radius 2 is 2.04 bits per heavy atom. The molecule has 0 saturated carbocycles. The molecular formula is C21H27N3O2. The fourth-order valence-electron chi connectivity index (χ4n) is 2.48. The molecule has 0 spiro atoms. The highest BCUT2D eigenvalue weighted by Crippen LogP contribution is 2.26. The van der Waals surface area contributed by atoms with Crippen LogP contribution < -0.4 is 10.1 Å². The maximum atomic E-state index is 12.5. The predicted molar refractivity (Wildman–Crippen MR) is 105 cm³/mol. The summed E-state index contributed by atoms with van der Waals surface area (Å²) in [5.74, 6) is 0.301. The first-order valence-corrected chi connectivity index (χ1v) is 8.58. The van der Waals surface area contributed by atoms with Gasteiger partial charge in [0.15, 0.2) is 0 Å². The first kappa shape index (κ1) is 21.0. The third-order valence-electron chi connectivity index (χ3n) is 3.68. The van der Waals surface area contributed by atoms with Crippen LogP contribution in [0.1, 0.15) is 31.0 Å². The highest BCUT2D eigenvalue weighted by molar-refractivity contribution is 5.97. The van der Waals surface area contributed by atoms with Gasteiger partial charge >= 0.3 is 0 Å². The second-order valence-corrected chi connectivity index (χ2v) is 5.86. The van der Waals surface area contributed by atoms with Crippen molar-refractivity contribution in [2.24, 2.45) is 0 Å². The van der Waals surface area contributed by atoms with Gasteiger partial charge in [-0.3, -0.25) is 4.79 Å². The highest BCUT2D eigenvalue weighted by atomic mass is 16.5. The molecule has 0 heterocycles. The summed E-state index contributed by atoms with van der Waals surface area (Å²) in [4.78, 5) is 14.3. The molecule has 1 atom stereocenters. The number of hydrogen-bond acceptors (Lipinski definition) is 4. The van der Waals surface area contributed by atoms with Crippen LogP contribution in [0.2, 0.25) is 0 Å². The molecule has 0 aliphatic carbocycles. The zero-order valence-electron chi connectivity index (χ0n) is 15.8. The summed E-state index contributed by atoms with van der Waals surface area (Å²) in [6.45, 7) is 14.7. The lowest BCUT2D eigenvalue weighted by Gasteiger charge is -2.20. The van der Waals surface area contributed by atoms with Gasteiger partial charge in [-0.1, -0.05) is 29.8 Å². The summed E-state index contributed by atoms with van der Waals surface area (Å²) < 4.78 is 5.65. The minimum absolute atomic E-state index is 0.0335. The van der Waals surface area contributed by atoms with Gasteiger partial charge in [-0.2, -0.15) is 5.26 Å². The molecule has 0 fully saturated rings. The first-order valence-electron chi connectivity index (χ1n) is 8.58. The van der Waals surface area contributed by atoms with E-state index in [2.05, 4.69) is 18.5 Å². The fourth-order valence-corrected chi connectivity index (χ4v) is 2.48. The van der Waals surface area contributed by atoms with Crippen molar-refractivity contribution in [3.8, 4) is 11.8 Å². The quantitative estimate of drug-likeness (QED) is 0.396. The monoisotopic (exact) mass is 353 g/mol. The molecule has 138 valence electrons. The van der Waals surface area contributed by atoms with Crippen molar-refractivity contribution in [2.45, 2.75) is 26.8 Å². The Balaban J connectivity index is 3.00. The SMILES string of the molecule is C=CCN(/C=C(/C#N)C(=O)NC(C)c1cc(C)ccc1OCC)CC=C. The number of nitriles is 1. The zero-order valence-corrected chi connectivity index (χ0v) is 15.8. The highest BCUT2D eigenvalue weighted by Gasteiger charge is 2.18. The van der Waals surface area contributed by atoms with Gasteiger partial charge in [-0.15, -0.1) is 13.2 Å². The Hall–Kier alpha value is -3.00. The molecule has 0 radical (unpaired) electrons. The van der Waals surface area contributed by atoms with Crippen LogP contribution in [0.5, 0.6) is 5.75 Å². The lowest BCUT2D eigenvalue weighted by atomic mass is 10.0.